The summed E-state index contributed by atoms with van der Waals surface area (Å²) < 4.78 is 21.9. The predicted molar refractivity (Wildman–Crippen MR) is 69.8 cm³/mol. The van der Waals surface area contributed by atoms with Gasteiger partial charge in [-0.3, -0.25) is 4.79 Å². The minimum Gasteiger partial charge on any atom is -0.459 e. The van der Waals surface area contributed by atoms with Gasteiger partial charge in [0, 0.05) is 13.7 Å². The Hall–Kier alpha value is -0.690. The summed E-state index contributed by atoms with van der Waals surface area (Å²) in [5.74, 6) is -0.469. The molecule has 1 rings (SSSR count). The van der Waals surface area contributed by atoms with E-state index in [0.717, 1.165) is 12.8 Å². The topological polar surface area (TPSA) is 80.0 Å². The summed E-state index contributed by atoms with van der Waals surface area (Å²) in [5, 5.41) is 0. The molecule has 1 saturated heterocycles. The lowest BCUT2D eigenvalue weighted by molar-refractivity contribution is -0.163. The first-order valence-electron chi connectivity index (χ1n) is 6.78. The molecule has 4 atom stereocenters. The van der Waals surface area contributed by atoms with Crippen molar-refractivity contribution in [2.45, 2.75) is 51.0 Å². The predicted octanol–water partition coefficient (Wildman–Crippen LogP) is 0.476. The number of ether oxygens (including phenoxy) is 4. The molecule has 1 fully saturated rings. The van der Waals surface area contributed by atoms with Crippen LogP contribution in [0.15, 0.2) is 0 Å². The van der Waals surface area contributed by atoms with Crippen LogP contribution in [0.5, 0.6) is 0 Å². The van der Waals surface area contributed by atoms with Gasteiger partial charge in [0.15, 0.2) is 0 Å². The monoisotopic (exact) mass is 275 g/mol. The number of rotatable bonds is 5. The van der Waals surface area contributed by atoms with Gasteiger partial charge in [-0.25, -0.2) is 0 Å². The van der Waals surface area contributed by atoms with E-state index in [1.54, 1.807) is 14.0 Å². The average molecular weight is 275 g/mol. The van der Waals surface area contributed by atoms with Gasteiger partial charge in [0.05, 0.1) is 13.2 Å². The van der Waals surface area contributed by atoms with Gasteiger partial charge in [-0.15, -0.1) is 0 Å². The van der Waals surface area contributed by atoms with Crippen molar-refractivity contribution in [3.63, 3.8) is 0 Å². The molecule has 1 aliphatic heterocycles. The fourth-order valence-corrected chi connectivity index (χ4v) is 1.98. The lowest BCUT2D eigenvalue weighted by atomic mass is 10.1. The van der Waals surface area contributed by atoms with Crippen LogP contribution in [0.25, 0.3) is 0 Å². The van der Waals surface area contributed by atoms with Crippen molar-refractivity contribution in [2.24, 2.45) is 5.73 Å². The first-order valence-corrected chi connectivity index (χ1v) is 6.78. The van der Waals surface area contributed by atoms with E-state index < -0.39 is 18.1 Å². The van der Waals surface area contributed by atoms with Crippen LogP contribution in [0.3, 0.4) is 0 Å². The minimum absolute atomic E-state index is 0.135. The molecule has 0 bridgehead atoms. The third-order valence-corrected chi connectivity index (χ3v) is 3.12. The molecule has 0 aromatic carbocycles. The first-order chi connectivity index (χ1) is 9.10. The Morgan fingerprint density at radius 3 is 2.79 bits per heavy atom. The summed E-state index contributed by atoms with van der Waals surface area (Å²) in [5.41, 5.74) is 5.65. The number of nitrogens with two attached hydrogens (primary N) is 1. The SMILES string of the molecule is CCCCO[C@H]1COC[C@H](N)C(=O)O[C@@H](C)[C@@H]1OC. The maximum absolute atomic E-state index is 11.6. The first kappa shape index (κ1) is 16.4. The molecule has 0 radical (unpaired) electrons. The minimum atomic E-state index is -0.755. The second-order valence-corrected chi connectivity index (χ2v) is 4.75. The fourth-order valence-electron chi connectivity index (χ4n) is 1.98. The van der Waals surface area contributed by atoms with Gasteiger partial charge in [0.25, 0.3) is 0 Å². The van der Waals surface area contributed by atoms with Crippen molar-refractivity contribution >= 4 is 5.97 Å². The zero-order valence-corrected chi connectivity index (χ0v) is 12.0. The van der Waals surface area contributed by atoms with Crippen molar-refractivity contribution in [3.8, 4) is 0 Å². The van der Waals surface area contributed by atoms with Crippen LogP contribution >= 0.6 is 0 Å². The van der Waals surface area contributed by atoms with E-state index in [1.165, 1.54) is 0 Å². The van der Waals surface area contributed by atoms with Gasteiger partial charge in [-0.05, 0) is 13.3 Å². The standard InChI is InChI=1S/C13H25NO5/c1-4-5-6-18-11-8-17-7-10(14)13(15)19-9(2)12(11)16-3/h9-12H,4-8,14H2,1-3H3/t9-,10-,11-,12-/m0/s1. The quantitative estimate of drug-likeness (QED) is 0.580. The van der Waals surface area contributed by atoms with E-state index in [2.05, 4.69) is 6.92 Å². The van der Waals surface area contributed by atoms with Gasteiger partial charge in [-0.1, -0.05) is 13.3 Å². The lowest BCUT2D eigenvalue weighted by Gasteiger charge is -2.29. The summed E-state index contributed by atoms with van der Waals surface area (Å²) in [6.07, 6.45) is 0.994. The lowest BCUT2D eigenvalue weighted by Crippen LogP contribution is -2.44. The van der Waals surface area contributed by atoms with Crippen molar-refractivity contribution in [2.75, 3.05) is 26.9 Å². The van der Waals surface area contributed by atoms with Crippen LogP contribution in [0.1, 0.15) is 26.7 Å². The average Bonchev–Trinajstić information content (AvgIpc) is 2.42. The molecule has 112 valence electrons. The van der Waals surface area contributed by atoms with Crippen molar-refractivity contribution < 1.29 is 23.7 Å². The fraction of sp³-hybridized carbons (Fsp3) is 0.923. The second kappa shape index (κ2) is 8.47. The van der Waals surface area contributed by atoms with Gasteiger partial charge < -0.3 is 24.7 Å². The Morgan fingerprint density at radius 1 is 1.42 bits per heavy atom. The highest BCUT2D eigenvalue weighted by atomic mass is 16.6. The van der Waals surface area contributed by atoms with Crippen LogP contribution in [-0.4, -0.2) is 57.3 Å². The number of hydrogen-bond acceptors (Lipinski definition) is 6. The van der Waals surface area contributed by atoms with Gasteiger partial charge in [0.1, 0.15) is 24.4 Å². The molecular formula is C13H25NO5. The largest absolute Gasteiger partial charge is 0.459 e. The number of methoxy groups -OCH3 is 1. The molecular weight excluding hydrogens is 250 g/mol. The van der Waals surface area contributed by atoms with Crippen LogP contribution in [0, 0.1) is 0 Å². The maximum atomic E-state index is 11.6. The van der Waals surface area contributed by atoms with E-state index in [9.17, 15) is 4.79 Å². The molecule has 0 spiro atoms. The van der Waals surface area contributed by atoms with Crippen molar-refractivity contribution in [1.29, 1.82) is 0 Å². The van der Waals surface area contributed by atoms with E-state index in [4.69, 9.17) is 24.7 Å². The van der Waals surface area contributed by atoms with Crippen LogP contribution in [0.2, 0.25) is 0 Å². The van der Waals surface area contributed by atoms with Crippen molar-refractivity contribution in [3.05, 3.63) is 0 Å². The summed E-state index contributed by atoms with van der Waals surface area (Å²) in [4.78, 5) is 11.6. The van der Waals surface area contributed by atoms with Gasteiger partial charge in [-0.2, -0.15) is 0 Å². The summed E-state index contributed by atoms with van der Waals surface area (Å²) in [6.45, 7) is 4.99. The highest BCUT2D eigenvalue weighted by molar-refractivity contribution is 5.75. The molecule has 0 amide bonds. The van der Waals surface area contributed by atoms with Crippen LogP contribution < -0.4 is 5.73 Å². The smallest absolute Gasteiger partial charge is 0.325 e. The molecule has 1 heterocycles. The zero-order chi connectivity index (χ0) is 14.3. The Bertz CT molecular complexity index is 274. The Balaban J connectivity index is 2.67. The van der Waals surface area contributed by atoms with E-state index in [-0.39, 0.29) is 18.8 Å². The molecule has 19 heavy (non-hydrogen) atoms. The molecule has 0 aromatic rings. The molecule has 6 nitrogen and oxygen atoms in total. The number of esters is 1. The van der Waals surface area contributed by atoms with E-state index >= 15 is 0 Å². The number of hydrogen-bond donors (Lipinski definition) is 1. The summed E-state index contributed by atoms with van der Waals surface area (Å²) >= 11 is 0. The number of carbonyl (C=O) groups is 1. The van der Waals surface area contributed by atoms with Gasteiger partial charge in [0.2, 0.25) is 0 Å². The van der Waals surface area contributed by atoms with E-state index in [1.807, 2.05) is 0 Å². The molecule has 0 aromatic heterocycles. The van der Waals surface area contributed by atoms with Crippen LogP contribution in [-0.2, 0) is 23.7 Å². The Kier molecular flexibility index (Phi) is 7.30. The molecule has 1 aliphatic rings. The third kappa shape index (κ3) is 5.06. The summed E-state index contributed by atoms with van der Waals surface area (Å²) in [7, 11) is 1.57. The Morgan fingerprint density at radius 2 is 2.16 bits per heavy atom. The highest BCUT2D eigenvalue weighted by Crippen LogP contribution is 2.15. The molecule has 0 saturated carbocycles. The second-order valence-electron chi connectivity index (χ2n) is 4.75. The molecule has 2 N–H and O–H groups in total. The van der Waals surface area contributed by atoms with Crippen molar-refractivity contribution in [1.82, 2.24) is 0 Å². The van der Waals surface area contributed by atoms with Crippen LogP contribution in [0.4, 0.5) is 0 Å². The zero-order valence-electron chi connectivity index (χ0n) is 12.0. The van der Waals surface area contributed by atoms with Gasteiger partial charge >= 0.3 is 5.97 Å². The maximum Gasteiger partial charge on any atom is 0.325 e. The number of unbranched alkanes of at least 4 members (excludes halogenated alkanes) is 1. The molecule has 6 heteroatoms. The highest BCUT2D eigenvalue weighted by Gasteiger charge is 2.33. The van der Waals surface area contributed by atoms with E-state index in [0.29, 0.717) is 13.2 Å². The number of cyclic esters (lactones) is 1. The Labute approximate surface area is 114 Å². The normalized spacial score (nSPS) is 33.2. The third-order valence-electron chi connectivity index (χ3n) is 3.12. The summed E-state index contributed by atoms with van der Waals surface area (Å²) in [6, 6.07) is -0.755. The molecule has 0 unspecified atom stereocenters. The molecule has 0 aliphatic carbocycles. The number of carbonyl (C=O) groups excluding carboxylic acids is 1.